The number of nitrogens with zero attached hydrogens (tertiary/aromatic N) is 3. The maximum absolute atomic E-state index is 11.6. The van der Waals surface area contributed by atoms with E-state index in [0.29, 0.717) is 41.6 Å². The molecule has 1 aromatic carbocycles. The van der Waals surface area contributed by atoms with Gasteiger partial charge in [-0.05, 0) is 36.2 Å². The summed E-state index contributed by atoms with van der Waals surface area (Å²) in [6.45, 7) is 0.912. The zero-order valence-electron chi connectivity index (χ0n) is 11.1. The van der Waals surface area contributed by atoms with Crippen molar-refractivity contribution < 1.29 is 14.3 Å². The van der Waals surface area contributed by atoms with Crippen LogP contribution in [0.1, 0.15) is 18.0 Å². The average molecular weight is 312 g/mol. The van der Waals surface area contributed by atoms with E-state index >= 15 is 0 Å². The normalized spacial score (nSPS) is 13.6. The molecule has 1 aliphatic heterocycles. The first-order chi connectivity index (χ1) is 10.1. The smallest absolute Gasteiger partial charge is 0.239 e. The SMILES string of the molecule is [N-]=[N+]=NCCCNC(C(N)=O)c1cc(Cl)c2c(c1)OCO2. The number of hydrogen-bond acceptors (Lipinski definition) is 5. The number of nitrogens with two attached hydrogens (primary N) is 1. The minimum absolute atomic E-state index is 0.0966. The molecule has 3 N–H and O–H groups in total. The van der Waals surface area contributed by atoms with E-state index in [1.54, 1.807) is 12.1 Å². The van der Waals surface area contributed by atoms with Crippen molar-refractivity contribution in [3.63, 3.8) is 0 Å². The molecule has 2 rings (SSSR count). The molecule has 1 unspecified atom stereocenters. The molecule has 0 fully saturated rings. The van der Waals surface area contributed by atoms with Crippen molar-refractivity contribution in [3.05, 3.63) is 33.2 Å². The summed E-state index contributed by atoms with van der Waals surface area (Å²) < 4.78 is 10.5. The Kier molecular flexibility index (Phi) is 5.10. The highest BCUT2D eigenvalue weighted by Gasteiger charge is 2.24. The molecule has 21 heavy (non-hydrogen) atoms. The van der Waals surface area contributed by atoms with Gasteiger partial charge in [0.1, 0.15) is 6.04 Å². The lowest BCUT2D eigenvalue weighted by atomic mass is 10.1. The summed E-state index contributed by atoms with van der Waals surface area (Å²) in [4.78, 5) is 14.2. The molecule has 1 atom stereocenters. The average Bonchev–Trinajstić information content (AvgIpc) is 2.91. The predicted octanol–water partition coefficient (Wildman–Crippen LogP) is 1.89. The molecule has 1 heterocycles. The highest BCUT2D eigenvalue weighted by Crippen LogP contribution is 2.41. The molecule has 8 nitrogen and oxygen atoms in total. The minimum Gasteiger partial charge on any atom is -0.454 e. The van der Waals surface area contributed by atoms with Gasteiger partial charge in [0, 0.05) is 11.5 Å². The van der Waals surface area contributed by atoms with Crippen LogP contribution in [-0.4, -0.2) is 25.8 Å². The van der Waals surface area contributed by atoms with Crippen molar-refractivity contribution in [1.82, 2.24) is 5.32 Å². The van der Waals surface area contributed by atoms with Gasteiger partial charge in [-0.3, -0.25) is 4.79 Å². The van der Waals surface area contributed by atoms with Crippen molar-refractivity contribution in [3.8, 4) is 11.5 Å². The van der Waals surface area contributed by atoms with Gasteiger partial charge in [0.25, 0.3) is 0 Å². The van der Waals surface area contributed by atoms with Crippen LogP contribution in [0.3, 0.4) is 0 Å². The summed E-state index contributed by atoms with van der Waals surface area (Å²) >= 11 is 6.09. The second-order valence-electron chi connectivity index (χ2n) is 4.33. The molecule has 1 aliphatic rings. The summed E-state index contributed by atoms with van der Waals surface area (Å²) in [5.74, 6) is 0.417. The number of halogens is 1. The molecule has 0 aromatic heterocycles. The number of hydrogen-bond donors (Lipinski definition) is 2. The lowest BCUT2D eigenvalue weighted by Gasteiger charge is -2.16. The third-order valence-corrected chi connectivity index (χ3v) is 3.19. The Morgan fingerprint density at radius 2 is 2.38 bits per heavy atom. The first-order valence-corrected chi connectivity index (χ1v) is 6.64. The summed E-state index contributed by atoms with van der Waals surface area (Å²) in [6, 6.07) is 2.58. The van der Waals surface area contributed by atoms with E-state index in [1.165, 1.54) is 0 Å². The summed E-state index contributed by atoms with van der Waals surface area (Å²) in [5.41, 5.74) is 14.2. The fraction of sp³-hybridized carbons (Fsp3) is 0.417. The van der Waals surface area contributed by atoms with Gasteiger partial charge >= 0.3 is 0 Å². The molecule has 1 amide bonds. The highest BCUT2D eigenvalue weighted by atomic mass is 35.5. The zero-order valence-corrected chi connectivity index (χ0v) is 11.8. The molecule has 0 spiro atoms. The Morgan fingerprint density at radius 1 is 1.57 bits per heavy atom. The van der Waals surface area contributed by atoms with Crippen LogP contribution >= 0.6 is 11.6 Å². The fourth-order valence-electron chi connectivity index (χ4n) is 1.98. The number of ether oxygens (including phenoxy) is 2. The van der Waals surface area contributed by atoms with Gasteiger partial charge in [-0.25, -0.2) is 0 Å². The number of benzene rings is 1. The van der Waals surface area contributed by atoms with Crippen LogP contribution in [0.25, 0.3) is 10.4 Å². The number of rotatable bonds is 7. The van der Waals surface area contributed by atoms with E-state index in [1.807, 2.05) is 0 Å². The lowest BCUT2D eigenvalue weighted by molar-refractivity contribution is -0.120. The van der Waals surface area contributed by atoms with E-state index in [-0.39, 0.29) is 6.79 Å². The molecular weight excluding hydrogens is 298 g/mol. The summed E-state index contributed by atoms with van der Waals surface area (Å²) in [5, 5.41) is 6.78. The number of azide groups is 1. The predicted molar refractivity (Wildman–Crippen MR) is 76.1 cm³/mol. The van der Waals surface area contributed by atoms with E-state index in [0.717, 1.165) is 0 Å². The molecule has 0 radical (unpaired) electrons. The maximum Gasteiger partial charge on any atom is 0.239 e. The standard InChI is InChI=1S/C12H14ClN5O3/c13-8-4-7(5-9-11(8)21-6-20-9)10(12(14)19)16-2-1-3-17-18-15/h4-5,10,16H,1-3,6H2,(H2,14,19). The van der Waals surface area contributed by atoms with Crippen LogP contribution in [0.5, 0.6) is 11.5 Å². The van der Waals surface area contributed by atoms with E-state index in [4.69, 9.17) is 32.3 Å². The Bertz CT molecular complexity index is 589. The Balaban J connectivity index is 2.09. The van der Waals surface area contributed by atoms with Crippen LogP contribution < -0.4 is 20.5 Å². The Labute approximate surface area is 125 Å². The number of nitrogens with one attached hydrogen (secondary N) is 1. The second kappa shape index (κ2) is 7.03. The number of amides is 1. The second-order valence-corrected chi connectivity index (χ2v) is 4.74. The summed E-state index contributed by atoms with van der Waals surface area (Å²) in [7, 11) is 0. The molecule has 112 valence electrons. The van der Waals surface area contributed by atoms with Gasteiger partial charge in [0.2, 0.25) is 12.7 Å². The van der Waals surface area contributed by atoms with Crippen molar-refractivity contribution >= 4 is 17.5 Å². The van der Waals surface area contributed by atoms with Gasteiger partial charge in [0.15, 0.2) is 11.5 Å². The first-order valence-electron chi connectivity index (χ1n) is 6.26. The third kappa shape index (κ3) is 3.69. The lowest BCUT2D eigenvalue weighted by Crippen LogP contribution is -2.34. The molecule has 9 heteroatoms. The zero-order chi connectivity index (χ0) is 15.2. The largest absolute Gasteiger partial charge is 0.454 e. The highest BCUT2D eigenvalue weighted by molar-refractivity contribution is 6.32. The third-order valence-electron chi connectivity index (χ3n) is 2.91. The molecule has 0 bridgehead atoms. The molecule has 0 saturated carbocycles. The van der Waals surface area contributed by atoms with Crippen LogP contribution in [0, 0.1) is 0 Å². The summed E-state index contributed by atoms with van der Waals surface area (Å²) in [6.07, 6.45) is 0.589. The monoisotopic (exact) mass is 311 g/mol. The van der Waals surface area contributed by atoms with Crippen LogP contribution in [-0.2, 0) is 4.79 Å². The number of fused-ring (bicyclic) bond motifs is 1. The van der Waals surface area contributed by atoms with Gasteiger partial charge in [-0.1, -0.05) is 16.7 Å². The molecular formula is C12H14ClN5O3. The quantitative estimate of drug-likeness (QED) is 0.345. The van der Waals surface area contributed by atoms with Crippen molar-refractivity contribution in [2.75, 3.05) is 19.9 Å². The van der Waals surface area contributed by atoms with Crippen LogP contribution in [0.2, 0.25) is 5.02 Å². The molecule has 0 saturated heterocycles. The maximum atomic E-state index is 11.6. The molecule has 1 aromatic rings. The minimum atomic E-state index is -0.705. The number of primary amides is 1. The van der Waals surface area contributed by atoms with E-state index < -0.39 is 11.9 Å². The fourth-order valence-corrected chi connectivity index (χ4v) is 2.25. The number of carbonyl (C=O) groups is 1. The van der Waals surface area contributed by atoms with E-state index in [2.05, 4.69) is 15.3 Å². The van der Waals surface area contributed by atoms with Gasteiger partial charge in [-0.2, -0.15) is 0 Å². The van der Waals surface area contributed by atoms with Crippen molar-refractivity contribution in [1.29, 1.82) is 0 Å². The first kappa shape index (κ1) is 15.2. The van der Waals surface area contributed by atoms with Gasteiger partial charge in [0.05, 0.1) is 5.02 Å². The Morgan fingerprint density at radius 3 is 3.10 bits per heavy atom. The van der Waals surface area contributed by atoms with Crippen molar-refractivity contribution in [2.24, 2.45) is 10.8 Å². The van der Waals surface area contributed by atoms with Crippen LogP contribution in [0.15, 0.2) is 17.2 Å². The molecule has 0 aliphatic carbocycles. The Hall–Kier alpha value is -2.15. The van der Waals surface area contributed by atoms with E-state index in [9.17, 15) is 4.79 Å². The van der Waals surface area contributed by atoms with Gasteiger partial charge in [-0.15, -0.1) is 0 Å². The van der Waals surface area contributed by atoms with Gasteiger partial charge < -0.3 is 20.5 Å². The van der Waals surface area contributed by atoms with Crippen LogP contribution in [0.4, 0.5) is 0 Å². The number of carbonyl (C=O) groups excluding carboxylic acids is 1. The topological polar surface area (TPSA) is 122 Å². The van der Waals surface area contributed by atoms with Crippen molar-refractivity contribution in [2.45, 2.75) is 12.5 Å².